The van der Waals surface area contributed by atoms with Gasteiger partial charge in [-0.05, 0) is 91.3 Å². The minimum absolute atomic E-state index is 0.0323. The van der Waals surface area contributed by atoms with Crippen molar-refractivity contribution in [3.8, 4) is 0 Å². The van der Waals surface area contributed by atoms with Crippen LogP contribution in [0.4, 0.5) is 14.6 Å². The van der Waals surface area contributed by atoms with Crippen molar-refractivity contribution in [2.75, 3.05) is 18.5 Å². The molecule has 214 valence electrons. The van der Waals surface area contributed by atoms with E-state index in [-0.39, 0.29) is 24.3 Å². The van der Waals surface area contributed by atoms with Crippen molar-refractivity contribution in [1.82, 2.24) is 14.9 Å². The maximum Gasteiger partial charge on any atom is 0.237 e. The lowest BCUT2D eigenvalue weighted by molar-refractivity contribution is -0.141. The van der Waals surface area contributed by atoms with Crippen molar-refractivity contribution in [2.24, 2.45) is 5.92 Å². The Balaban J connectivity index is 1.21. The fourth-order valence-corrected chi connectivity index (χ4v) is 6.81. The second-order valence-corrected chi connectivity index (χ2v) is 11.7. The molecule has 42 heavy (non-hydrogen) atoms. The standard InChI is InChI=1S/C33H30F2N4O3/c1-19(22-11-26(34)14-27(35)12-22)39(31(40)21-4-7-42-8-5-21)18-20-9-23-10-24-15-33(16-25(24)13-29(23)37-17-20)28-3-2-6-36-30(28)38-32(33)41/h2-3,6,9-14,17,19,21H,4-5,7-8,15-16,18H2,1H3,(H,36,38,41)/t19-,33-/m0/s1. The van der Waals surface area contributed by atoms with Crippen LogP contribution in [-0.4, -0.2) is 39.9 Å². The van der Waals surface area contributed by atoms with Crippen molar-refractivity contribution >= 4 is 28.5 Å². The molecule has 2 aliphatic heterocycles. The van der Waals surface area contributed by atoms with Crippen molar-refractivity contribution in [1.29, 1.82) is 0 Å². The van der Waals surface area contributed by atoms with Crippen LogP contribution >= 0.6 is 0 Å². The summed E-state index contributed by atoms with van der Waals surface area (Å²) in [6.45, 7) is 3.05. The molecule has 1 aliphatic carbocycles. The Bertz CT molecular complexity index is 1720. The number of anilines is 1. The highest BCUT2D eigenvalue weighted by molar-refractivity contribution is 6.06. The van der Waals surface area contributed by atoms with Crippen LogP contribution in [0.5, 0.6) is 0 Å². The first-order valence-corrected chi connectivity index (χ1v) is 14.3. The van der Waals surface area contributed by atoms with Gasteiger partial charge in [-0.3, -0.25) is 14.6 Å². The summed E-state index contributed by atoms with van der Waals surface area (Å²) in [6.07, 6.45) is 5.81. The molecule has 2 amide bonds. The summed E-state index contributed by atoms with van der Waals surface area (Å²) >= 11 is 0. The number of amides is 2. The van der Waals surface area contributed by atoms with E-state index in [1.165, 1.54) is 12.1 Å². The quantitative estimate of drug-likeness (QED) is 0.348. The minimum Gasteiger partial charge on any atom is -0.381 e. The van der Waals surface area contributed by atoms with Gasteiger partial charge in [-0.2, -0.15) is 0 Å². The fourth-order valence-electron chi connectivity index (χ4n) is 6.81. The average Bonchev–Trinajstić information content (AvgIpc) is 3.50. The SMILES string of the molecule is C[C@@H](c1cc(F)cc(F)c1)N(Cc1cnc2cc3c(cc2c1)C[C@@]1(C3)C(=O)Nc2ncccc21)C(=O)C1CCOCC1. The molecule has 4 heterocycles. The van der Waals surface area contributed by atoms with E-state index in [0.29, 0.717) is 50.3 Å². The number of pyridine rings is 2. The first-order valence-electron chi connectivity index (χ1n) is 14.3. The zero-order valence-electron chi connectivity index (χ0n) is 23.2. The maximum absolute atomic E-state index is 14.1. The molecular formula is C33H30F2N4O3. The molecule has 4 aromatic rings. The molecule has 2 atom stereocenters. The molecule has 2 aromatic carbocycles. The highest BCUT2D eigenvalue weighted by Gasteiger charge is 2.51. The zero-order valence-corrected chi connectivity index (χ0v) is 23.2. The van der Waals surface area contributed by atoms with Gasteiger partial charge in [0.15, 0.2) is 0 Å². The van der Waals surface area contributed by atoms with Gasteiger partial charge in [0.25, 0.3) is 0 Å². The van der Waals surface area contributed by atoms with Crippen molar-refractivity contribution in [3.63, 3.8) is 0 Å². The largest absolute Gasteiger partial charge is 0.381 e. The summed E-state index contributed by atoms with van der Waals surface area (Å²) in [5, 5.41) is 3.86. The Morgan fingerprint density at radius 3 is 2.57 bits per heavy atom. The maximum atomic E-state index is 14.1. The van der Waals surface area contributed by atoms with Gasteiger partial charge < -0.3 is 15.0 Å². The summed E-state index contributed by atoms with van der Waals surface area (Å²) < 4.78 is 33.7. The molecule has 0 saturated carbocycles. The molecular weight excluding hydrogens is 538 g/mol. The Morgan fingerprint density at radius 2 is 1.81 bits per heavy atom. The van der Waals surface area contributed by atoms with Crippen LogP contribution in [0.1, 0.15) is 53.6 Å². The Morgan fingerprint density at radius 1 is 1.07 bits per heavy atom. The van der Waals surface area contributed by atoms with Gasteiger partial charge in [-0.15, -0.1) is 0 Å². The summed E-state index contributed by atoms with van der Waals surface area (Å²) in [5.74, 6) is -1.04. The topological polar surface area (TPSA) is 84.4 Å². The van der Waals surface area contributed by atoms with Gasteiger partial charge in [0.1, 0.15) is 17.5 Å². The smallest absolute Gasteiger partial charge is 0.237 e. The third-order valence-corrected chi connectivity index (χ3v) is 9.07. The number of aromatic nitrogens is 2. The number of hydrogen-bond acceptors (Lipinski definition) is 5. The molecule has 2 aromatic heterocycles. The van der Waals surface area contributed by atoms with E-state index in [9.17, 15) is 18.4 Å². The summed E-state index contributed by atoms with van der Waals surface area (Å²) in [7, 11) is 0. The predicted octanol–water partition coefficient (Wildman–Crippen LogP) is 5.41. The number of rotatable bonds is 5. The van der Waals surface area contributed by atoms with Crippen molar-refractivity contribution in [2.45, 2.75) is 50.6 Å². The number of benzene rings is 2. The van der Waals surface area contributed by atoms with Crippen LogP contribution in [0.25, 0.3) is 10.9 Å². The molecule has 1 N–H and O–H groups in total. The number of carbonyl (C=O) groups is 2. The van der Waals surface area contributed by atoms with E-state index < -0.39 is 23.1 Å². The number of nitrogens with one attached hydrogen (secondary N) is 1. The molecule has 1 saturated heterocycles. The summed E-state index contributed by atoms with van der Waals surface area (Å²) in [4.78, 5) is 37.7. The second kappa shape index (κ2) is 10.2. The van der Waals surface area contributed by atoms with Gasteiger partial charge in [0.2, 0.25) is 11.8 Å². The lowest BCUT2D eigenvalue weighted by Gasteiger charge is -2.34. The fraction of sp³-hybridized carbons (Fsp3) is 0.333. The van der Waals surface area contributed by atoms with Gasteiger partial charge in [0, 0.05) is 55.1 Å². The number of carbonyl (C=O) groups excluding carboxylic acids is 2. The van der Waals surface area contributed by atoms with Gasteiger partial charge in [-0.1, -0.05) is 6.07 Å². The highest BCUT2D eigenvalue weighted by atomic mass is 19.1. The molecule has 0 bridgehead atoms. The number of ether oxygens (including phenoxy) is 1. The van der Waals surface area contributed by atoms with Crippen LogP contribution in [0.15, 0.2) is 60.9 Å². The van der Waals surface area contributed by atoms with Crippen LogP contribution < -0.4 is 5.32 Å². The number of fused-ring (bicyclic) bond motifs is 4. The highest BCUT2D eigenvalue weighted by Crippen LogP contribution is 2.47. The van der Waals surface area contributed by atoms with Crippen molar-refractivity contribution < 1.29 is 23.1 Å². The first-order chi connectivity index (χ1) is 20.3. The Hall–Kier alpha value is -4.24. The van der Waals surface area contributed by atoms with Crippen molar-refractivity contribution in [3.05, 3.63) is 100 Å². The van der Waals surface area contributed by atoms with E-state index in [0.717, 1.165) is 39.2 Å². The van der Waals surface area contributed by atoms with Gasteiger partial charge in [0.05, 0.1) is 17.0 Å². The molecule has 0 unspecified atom stereocenters. The Kier molecular flexibility index (Phi) is 6.50. The molecule has 7 rings (SSSR count). The van der Waals surface area contributed by atoms with E-state index >= 15 is 0 Å². The molecule has 9 heteroatoms. The number of halogens is 2. The van der Waals surface area contributed by atoms with E-state index in [1.807, 2.05) is 24.3 Å². The molecule has 3 aliphatic rings. The zero-order chi connectivity index (χ0) is 29.0. The van der Waals surface area contributed by atoms with Crippen LogP contribution in [0.3, 0.4) is 0 Å². The lowest BCUT2D eigenvalue weighted by atomic mass is 9.79. The summed E-state index contributed by atoms with van der Waals surface area (Å²) in [5.41, 5.74) is 4.45. The van der Waals surface area contributed by atoms with Gasteiger partial charge >= 0.3 is 0 Å². The molecule has 0 radical (unpaired) electrons. The number of nitrogens with zero attached hydrogens (tertiary/aromatic N) is 3. The van der Waals surface area contributed by atoms with Crippen LogP contribution in [-0.2, 0) is 39.1 Å². The molecule has 1 fully saturated rings. The van der Waals surface area contributed by atoms with E-state index in [4.69, 9.17) is 9.72 Å². The van der Waals surface area contributed by atoms with Crippen LogP contribution in [0.2, 0.25) is 0 Å². The van der Waals surface area contributed by atoms with Crippen LogP contribution in [0, 0.1) is 17.6 Å². The lowest BCUT2D eigenvalue weighted by Crippen LogP contribution is -2.39. The second-order valence-electron chi connectivity index (χ2n) is 11.7. The first kappa shape index (κ1) is 26.6. The molecule has 1 spiro atoms. The van der Waals surface area contributed by atoms with E-state index in [2.05, 4.69) is 16.4 Å². The number of hydrogen-bond donors (Lipinski definition) is 1. The van der Waals surface area contributed by atoms with Gasteiger partial charge in [-0.25, -0.2) is 13.8 Å². The van der Waals surface area contributed by atoms with E-state index in [1.54, 1.807) is 24.2 Å². The molecule has 7 nitrogen and oxygen atoms in total. The third-order valence-electron chi connectivity index (χ3n) is 9.07. The Labute approximate surface area is 241 Å². The average molecular weight is 569 g/mol. The normalized spacial score (nSPS) is 20.4. The monoisotopic (exact) mass is 568 g/mol. The summed E-state index contributed by atoms with van der Waals surface area (Å²) in [6, 6.07) is 12.8. The predicted molar refractivity (Wildman–Crippen MR) is 153 cm³/mol. The minimum atomic E-state index is -0.677. The third kappa shape index (κ3) is 4.52.